The predicted octanol–water partition coefficient (Wildman–Crippen LogP) is 3.54. The summed E-state index contributed by atoms with van der Waals surface area (Å²) in [5.41, 5.74) is 0.953. The van der Waals surface area contributed by atoms with E-state index >= 15 is 0 Å². The largest absolute Gasteiger partial charge is 0.408 e. The summed E-state index contributed by atoms with van der Waals surface area (Å²) in [5.74, 6) is 0.543. The third-order valence-electron chi connectivity index (χ3n) is 3.29. The highest BCUT2D eigenvalue weighted by Crippen LogP contribution is 2.34. The smallest absolute Gasteiger partial charge is 0.284 e. The summed E-state index contributed by atoms with van der Waals surface area (Å²) in [6.45, 7) is 4.17. The molecule has 19 heavy (non-hydrogen) atoms. The third kappa shape index (κ3) is 2.71. The minimum absolute atomic E-state index is 0.305. The monoisotopic (exact) mass is 296 g/mol. The van der Waals surface area contributed by atoms with E-state index in [2.05, 4.69) is 20.1 Å². The van der Waals surface area contributed by atoms with Crippen LogP contribution >= 0.6 is 23.6 Å². The van der Waals surface area contributed by atoms with Crippen molar-refractivity contribution in [3.8, 4) is 10.8 Å². The lowest BCUT2D eigenvalue weighted by atomic mass is 10.2. The molecule has 1 N–H and O–H groups in total. The van der Waals surface area contributed by atoms with Crippen molar-refractivity contribution in [1.29, 1.82) is 0 Å². The van der Waals surface area contributed by atoms with E-state index < -0.39 is 0 Å². The molecule has 1 saturated heterocycles. The molecule has 0 atom stereocenters. The molecule has 2 aromatic heterocycles. The molecule has 0 radical (unpaired) electrons. The number of hydrogen-bond acceptors (Lipinski definition) is 6. The molecule has 0 unspecified atom stereocenters. The van der Waals surface area contributed by atoms with Gasteiger partial charge < -0.3 is 9.32 Å². The summed E-state index contributed by atoms with van der Waals surface area (Å²) in [6.07, 6.45) is 5.14. The SMILES string of the molecule is Cc1nc(N2CCCCCC2)sc1-c1n[nH]c(=S)o1. The fourth-order valence-electron chi connectivity index (χ4n) is 2.30. The lowest BCUT2D eigenvalue weighted by Crippen LogP contribution is -2.23. The van der Waals surface area contributed by atoms with E-state index in [0.717, 1.165) is 28.8 Å². The lowest BCUT2D eigenvalue weighted by Gasteiger charge is -2.18. The molecule has 7 heteroatoms. The summed E-state index contributed by atoms with van der Waals surface area (Å²) in [5, 5.41) is 7.80. The number of anilines is 1. The van der Waals surface area contributed by atoms with Gasteiger partial charge in [-0.1, -0.05) is 24.2 Å². The van der Waals surface area contributed by atoms with Crippen LogP contribution < -0.4 is 4.90 Å². The van der Waals surface area contributed by atoms with Crippen LogP contribution in [0.5, 0.6) is 0 Å². The molecule has 0 spiro atoms. The van der Waals surface area contributed by atoms with Crippen LogP contribution in [0.4, 0.5) is 5.13 Å². The fraction of sp³-hybridized carbons (Fsp3) is 0.583. The Morgan fingerprint density at radius 1 is 1.26 bits per heavy atom. The van der Waals surface area contributed by atoms with Gasteiger partial charge in [0.1, 0.15) is 4.88 Å². The molecule has 2 aromatic rings. The Balaban J connectivity index is 1.90. The minimum atomic E-state index is 0.305. The highest BCUT2D eigenvalue weighted by molar-refractivity contribution is 7.71. The first-order chi connectivity index (χ1) is 9.24. The van der Waals surface area contributed by atoms with Gasteiger partial charge in [-0.2, -0.15) is 0 Å². The van der Waals surface area contributed by atoms with E-state index in [1.165, 1.54) is 25.7 Å². The van der Waals surface area contributed by atoms with E-state index in [4.69, 9.17) is 16.6 Å². The van der Waals surface area contributed by atoms with Crippen LogP contribution in [0, 0.1) is 11.8 Å². The van der Waals surface area contributed by atoms with Gasteiger partial charge in [0.05, 0.1) is 5.69 Å². The topological polar surface area (TPSA) is 58.0 Å². The Labute approximate surface area is 120 Å². The van der Waals surface area contributed by atoms with Crippen LogP contribution in [0.2, 0.25) is 0 Å². The van der Waals surface area contributed by atoms with Crippen molar-refractivity contribution in [2.24, 2.45) is 0 Å². The molecule has 1 aliphatic rings. The van der Waals surface area contributed by atoms with Crippen LogP contribution in [0.1, 0.15) is 31.4 Å². The maximum atomic E-state index is 5.38. The van der Waals surface area contributed by atoms with E-state index in [1.807, 2.05) is 6.92 Å². The number of aromatic amines is 1. The quantitative estimate of drug-likeness (QED) is 0.859. The van der Waals surface area contributed by atoms with Gasteiger partial charge in [-0.05, 0) is 32.0 Å². The average molecular weight is 296 g/mol. The van der Waals surface area contributed by atoms with Crippen LogP contribution in [0.3, 0.4) is 0 Å². The number of rotatable bonds is 2. The summed E-state index contributed by atoms with van der Waals surface area (Å²) >= 11 is 6.55. The van der Waals surface area contributed by atoms with Gasteiger partial charge in [-0.3, -0.25) is 0 Å². The first kappa shape index (κ1) is 12.8. The van der Waals surface area contributed by atoms with Gasteiger partial charge in [0.25, 0.3) is 10.7 Å². The minimum Gasteiger partial charge on any atom is -0.408 e. The van der Waals surface area contributed by atoms with Crippen molar-refractivity contribution in [2.75, 3.05) is 18.0 Å². The second kappa shape index (κ2) is 5.42. The molecule has 5 nitrogen and oxygen atoms in total. The third-order valence-corrected chi connectivity index (χ3v) is 4.68. The van der Waals surface area contributed by atoms with Crippen LogP contribution in [0.15, 0.2) is 4.42 Å². The van der Waals surface area contributed by atoms with Crippen molar-refractivity contribution in [3.63, 3.8) is 0 Å². The maximum absolute atomic E-state index is 5.38. The summed E-state index contributed by atoms with van der Waals surface area (Å²) in [7, 11) is 0. The summed E-state index contributed by atoms with van der Waals surface area (Å²) in [6, 6.07) is 0. The molecule has 0 aromatic carbocycles. The number of hydrogen-bond donors (Lipinski definition) is 1. The Morgan fingerprint density at radius 3 is 2.63 bits per heavy atom. The molecule has 1 fully saturated rings. The first-order valence-electron chi connectivity index (χ1n) is 6.52. The van der Waals surface area contributed by atoms with E-state index in [1.54, 1.807) is 11.3 Å². The number of nitrogens with one attached hydrogen (secondary N) is 1. The van der Waals surface area contributed by atoms with Crippen LogP contribution in [-0.2, 0) is 0 Å². The molecule has 0 aliphatic carbocycles. The van der Waals surface area contributed by atoms with Gasteiger partial charge in [0.15, 0.2) is 5.13 Å². The Hall–Kier alpha value is -1.21. The summed E-state index contributed by atoms with van der Waals surface area (Å²) < 4.78 is 5.38. The number of H-pyrrole nitrogens is 1. The standard InChI is InChI=1S/C12H16N4OS2/c1-8-9(10-14-15-12(18)17-10)19-11(13-8)16-6-4-2-3-5-7-16/h2-7H2,1H3,(H,15,18). The number of nitrogens with zero attached hydrogens (tertiary/aromatic N) is 3. The zero-order valence-electron chi connectivity index (χ0n) is 10.8. The van der Waals surface area contributed by atoms with Crippen molar-refractivity contribution in [2.45, 2.75) is 32.6 Å². The Kier molecular flexibility index (Phi) is 3.65. The molecule has 3 heterocycles. The van der Waals surface area contributed by atoms with Crippen molar-refractivity contribution >= 4 is 28.7 Å². The van der Waals surface area contributed by atoms with Gasteiger partial charge in [0.2, 0.25) is 0 Å². The molecule has 0 saturated carbocycles. The number of thiazole rings is 1. The van der Waals surface area contributed by atoms with Gasteiger partial charge in [-0.25, -0.2) is 10.1 Å². The number of aryl methyl sites for hydroxylation is 1. The molecule has 0 bridgehead atoms. The fourth-order valence-corrected chi connectivity index (χ4v) is 3.47. The zero-order chi connectivity index (χ0) is 13.2. The van der Waals surface area contributed by atoms with Gasteiger partial charge in [-0.15, -0.1) is 5.10 Å². The zero-order valence-corrected chi connectivity index (χ0v) is 12.4. The molecule has 3 rings (SSSR count). The molecular weight excluding hydrogens is 280 g/mol. The van der Waals surface area contributed by atoms with E-state index in [0.29, 0.717) is 10.7 Å². The van der Waals surface area contributed by atoms with Crippen molar-refractivity contribution < 1.29 is 4.42 Å². The summed E-state index contributed by atoms with van der Waals surface area (Å²) in [4.78, 5) is 8.30. The molecule has 1 aliphatic heterocycles. The van der Waals surface area contributed by atoms with Crippen LogP contribution in [-0.4, -0.2) is 28.3 Å². The normalized spacial score (nSPS) is 16.6. The van der Waals surface area contributed by atoms with E-state index in [-0.39, 0.29) is 0 Å². The first-order valence-corrected chi connectivity index (χ1v) is 7.75. The second-order valence-corrected chi connectivity index (χ2v) is 6.08. The van der Waals surface area contributed by atoms with E-state index in [9.17, 15) is 0 Å². The Bertz CT molecular complexity index is 607. The van der Waals surface area contributed by atoms with Gasteiger partial charge >= 0.3 is 0 Å². The van der Waals surface area contributed by atoms with Gasteiger partial charge in [0, 0.05) is 13.1 Å². The predicted molar refractivity (Wildman–Crippen MR) is 78.2 cm³/mol. The highest BCUT2D eigenvalue weighted by atomic mass is 32.1. The molecule has 102 valence electrons. The van der Waals surface area contributed by atoms with Crippen molar-refractivity contribution in [1.82, 2.24) is 15.2 Å². The van der Waals surface area contributed by atoms with Crippen molar-refractivity contribution in [3.05, 3.63) is 10.5 Å². The average Bonchev–Trinajstić information content (AvgIpc) is 2.86. The Morgan fingerprint density at radius 2 is 2.00 bits per heavy atom. The highest BCUT2D eigenvalue weighted by Gasteiger charge is 2.19. The molecular formula is C12H16N4OS2. The maximum Gasteiger partial charge on any atom is 0.284 e. The second-order valence-electron chi connectivity index (χ2n) is 4.73. The lowest BCUT2D eigenvalue weighted by molar-refractivity contribution is 0.553. The number of aromatic nitrogens is 3. The van der Waals surface area contributed by atoms with Crippen LogP contribution in [0.25, 0.3) is 10.8 Å². The molecule has 0 amide bonds.